The van der Waals surface area contributed by atoms with Crippen LogP contribution in [0.3, 0.4) is 0 Å². The minimum atomic E-state index is -1.34. The molecule has 0 aliphatic carbocycles. The summed E-state index contributed by atoms with van der Waals surface area (Å²) in [5, 5.41) is 12.7. The Morgan fingerprint density at radius 2 is 1.88 bits per heavy atom. The molecule has 0 aromatic heterocycles. The number of halogens is 1. The third-order valence-corrected chi connectivity index (χ3v) is 4.07. The van der Waals surface area contributed by atoms with Crippen LogP contribution in [0, 0.1) is 0 Å². The van der Waals surface area contributed by atoms with Crippen LogP contribution in [0.4, 0.5) is 5.69 Å². The number of hydrogen-bond donors (Lipinski definition) is 2. The van der Waals surface area contributed by atoms with E-state index >= 15 is 0 Å². The maximum atomic E-state index is 12.4. The molecule has 5 nitrogen and oxygen atoms in total. The van der Waals surface area contributed by atoms with Crippen molar-refractivity contribution in [3.8, 4) is 5.75 Å². The van der Waals surface area contributed by atoms with Gasteiger partial charge in [0.1, 0.15) is 5.75 Å². The summed E-state index contributed by atoms with van der Waals surface area (Å²) >= 11 is 5.94. The van der Waals surface area contributed by atoms with Crippen molar-refractivity contribution in [3.05, 3.63) is 59.1 Å². The third kappa shape index (κ3) is 3.86. The second-order valence-corrected chi connectivity index (χ2v) is 6.01. The fourth-order valence-electron chi connectivity index (χ4n) is 2.40. The largest absolute Gasteiger partial charge is 0.495 e. The van der Waals surface area contributed by atoms with E-state index in [-0.39, 0.29) is 6.42 Å². The topological polar surface area (TPSA) is 75.6 Å². The Bertz CT molecular complexity index is 748. The number of hydrogen-bond acceptors (Lipinski definition) is 3. The van der Waals surface area contributed by atoms with Crippen LogP contribution in [0.2, 0.25) is 5.02 Å². The van der Waals surface area contributed by atoms with Crippen LogP contribution in [-0.4, -0.2) is 24.1 Å². The number of ether oxygens (including phenoxy) is 1. The zero-order valence-electron chi connectivity index (χ0n) is 13.4. The van der Waals surface area contributed by atoms with E-state index in [2.05, 4.69) is 5.32 Å². The number of methoxy groups -OCH3 is 1. The lowest BCUT2D eigenvalue weighted by atomic mass is 9.79. The molecular formula is C18H18ClNO4. The average Bonchev–Trinajstić information content (AvgIpc) is 2.55. The van der Waals surface area contributed by atoms with Crippen molar-refractivity contribution < 1.29 is 19.4 Å². The number of amides is 1. The highest BCUT2D eigenvalue weighted by Gasteiger charge is 2.37. The summed E-state index contributed by atoms with van der Waals surface area (Å²) in [4.78, 5) is 24.2. The molecule has 2 rings (SSSR count). The predicted octanol–water partition coefficient (Wildman–Crippen LogP) is 3.72. The molecule has 0 unspecified atom stereocenters. The predicted molar refractivity (Wildman–Crippen MR) is 92.7 cm³/mol. The van der Waals surface area contributed by atoms with Crippen LogP contribution in [0.1, 0.15) is 18.9 Å². The van der Waals surface area contributed by atoms with E-state index in [1.807, 2.05) is 0 Å². The molecule has 1 atom stereocenters. The molecular weight excluding hydrogens is 330 g/mol. The summed E-state index contributed by atoms with van der Waals surface area (Å²) in [5.41, 5.74) is -0.376. The summed E-state index contributed by atoms with van der Waals surface area (Å²) < 4.78 is 5.17. The summed E-state index contributed by atoms with van der Waals surface area (Å²) in [7, 11) is 1.48. The van der Waals surface area contributed by atoms with Gasteiger partial charge in [-0.2, -0.15) is 0 Å². The van der Waals surface area contributed by atoms with E-state index in [0.29, 0.717) is 22.0 Å². The molecule has 126 valence electrons. The van der Waals surface area contributed by atoms with Crippen molar-refractivity contribution in [1.29, 1.82) is 0 Å². The maximum absolute atomic E-state index is 12.4. The fourth-order valence-corrected chi connectivity index (χ4v) is 2.57. The van der Waals surface area contributed by atoms with Crippen LogP contribution in [0.25, 0.3) is 0 Å². The Morgan fingerprint density at radius 1 is 1.21 bits per heavy atom. The SMILES string of the molecule is COc1ccc(Cl)cc1NC(=O)C[C@](C)(C(=O)O)c1ccccc1. The zero-order chi connectivity index (χ0) is 17.7. The molecule has 0 saturated heterocycles. The van der Waals surface area contributed by atoms with E-state index in [4.69, 9.17) is 16.3 Å². The lowest BCUT2D eigenvalue weighted by molar-refractivity contribution is -0.145. The van der Waals surface area contributed by atoms with E-state index in [1.165, 1.54) is 14.0 Å². The van der Waals surface area contributed by atoms with Gasteiger partial charge in [-0.25, -0.2) is 0 Å². The molecule has 0 bridgehead atoms. The highest BCUT2D eigenvalue weighted by molar-refractivity contribution is 6.31. The lowest BCUT2D eigenvalue weighted by Gasteiger charge is -2.25. The van der Waals surface area contributed by atoms with E-state index in [1.54, 1.807) is 48.5 Å². The molecule has 2 aromatic rings. The van der Waals surface area contributed by atoms with Crippen molar-refractivity contribution in [2.45, 2.75) is 18.8 Å². The normalized spacial score (nSPS) is 13.0. The lowest BCUT2D eigenvalue weighted by Crippen LogP contribution is -2.36. The molecule has 0 saturated carbocycles. The molecule has 0 radical (unpaired) electrons. The van der Waals surface area contributed by atoms with Gasteiger partial charge in [0.15, 0.2) is 0 Å². The molecule has 0 aliphatic rings. The first-order valence-electron chi connectivity index (χ1n) is 7.29. The first-order valence-corrected chi connectivity index (χ1v) is 7.67. The van der Waals surface area contributed by atoms with Crippen molar-refractivity contribution in [3.63, 3.8) is 0 Å². The molecule has 0 spiro atoms. The van der Waals surface area contributed by atoms with E-state index in [0.717, 1.165) is 0 Å². The summed E-state index contributed by atoms with van der Waals surface area (Å²) in [6.07, 6.45) is -0.220. The van der Waals surface area contributed by atoms with Gasteiger partial charge in [0, 0.05) is 11.4 Å². The van der Waals surface area contributed by atoms with Gasteiger partial charge in [-0.1, -0.05) is 41.9 Å². The second-order valence-electron chi connectivity index (χ2n) is 5.57. The van der Waals surface area contributed by atoms with Gasteiger partial charge in [0.05, 0.1) is 18.2 Å². The smallest absolute Gasteiger partial charge is 0.314 e. The number of rotatable bonds is 6. The minimum absolute atomic E-state index is 0.220. The number of nitrogens with one attached hydrogen (secondary N) is 1. The van der Waals surface area contributed by atoms with Crippen molar-refractivity contribution in [2.75, 3.05) is 12.4 Å². The Morgan fingerprint density at radius 3 is 2.46 bits per heavy atom. The van der Waals surface area contributed by atoms with Crippen LogP contribution < -0.4 is 10.1 Å². The van der Waals surface area contributed by atoms with Gasteiger partial charge in [0.25, 0.3) is 0 Å². The molecule has 0 fully saturated rings. The number of anilines is 1. The van der Waals surface area contributed by atoms with Gasteiger partial charge in [-0.15, -0.1) is 0 Å². The highest BCUT2D eigenvalue weighted by atomic mass is 35.5. The number of carboxylic acids is 1. The molecule has 1 amide bonds. The Labute approximate surface area is 145 Å². The molecule has 2 N–H and O–H groups in total. The van der Waals surface area contributed by atoms with E-state index < -0.39 is 17.3 Å². The van der Waals surface area contributed by atoms with Gasteiger partial charge in [-0.05, 0) is 30.7 Å². The van der Waals surface area contributed by atoms with Gasteiger partial charge in [0.2, 0.25) is 5.91 Å². The molecule has 0 aliphatic heterocycles. The monoisotopic (exact) mass is 347 g/mol. The van der Waals surface area contributed by atoms with Crippen LogP contribution in [-0.2, 0) is 15.0 Å². The van der Waals surface area contributed by atoms with Gasteiger partial charge >= 0.3 is 5.97 Å². The van der Waals surface area contributed by atoms with Crippen LogP contribution in [0.15, 0.2) is 48.5 Å². The first kappa shape index (κ1) is 17.8. The third-order valence-electron chi connectivity index (χ3n) is 3.83. The number of carbonyl (C=O) groups excluding carboxylic acids is 1. The van der Waals surface area contributed by atoms with Crippen LogP contribution >= 0.6 is 11.6 Å². The Hall–Kier alpha value is -2.53. The summed E-state index contributed by atoms with van der Waals surface area (Å²) in [6, 6.07) is 13.5. The first-order chi connectivity index (χ1) is 11.4. The summed E-state index contributed by atoms with van der Waals surface area (Å²) in [6.45, 7) is 1.53. The zero-order valence-corrected chi connectivity index (χ0v) is 14.1. The Balaban J connectivity index is 2.24. The number of aliphatic carboxylic acids is 1. The minimum Gasteiger partial charge on any atom is -0.495 e. The second kappa shape index (κ2) is 7.36. The summed E-state index contributed by atoms with van der Waals surface area (Å²) in [5.74, 6) is -1.06. The molecule has 0 heterocycles. The van der Waals surface area contributed by atoms with Gasteiger partial charge < -0.3 is 15.2 Å². The molecule has 6 heteroatoms. The average molecular weight is 348 g/mol. The van der Waals surface area contributed by atoms with Crippen molar-refractivity contribution in [1.82, 2.24) is 0 Å². The Kier molecular flexibility index (Phi) is 5.46. The van der Waals surface area contributed by atoms with Crippen molar-refractivity contribution in [2.24, 2.45) is 0 Å². The maximum Gasteiger partial charge on any atom is 0.314 e. The number of carboxylic acid groups (broad SMARTS) is 1. The number of carbonyl (C=O) groups is 2. The molecule has 24 heavy (non-hydrogen) atoms. The van der Waals surface area contributed by atoms with E-state index in [9.17, 15) is 14.7 Å². The quantitative estimate of drug-likeness (QED) is 0.835. The van der Waals surface area contributed by atoms with Crippen LogP contribution in [0.5, 0.6) is 5.75 Å². The molecule has 2 aromatic carbocycles. The van der Waals surface area contributed by atoms with Gasteiger partial charge in [-0.3, -0.25) is 9.59 Å². The fraction of sp³-hybridized carbons (Fsp3) is 0.222. The number of benzene rings is 2. The highest BCUT2D eigenvalue weighted by Crippen LogP contribution is 2.31. The van der Waals surface area contributed by atoms with Crippen molar-refractivity contribution >= 4 is 29.2 Å². The standard InChI is InChI=1S/C18H18ClNO4/c1-18(17(22)23,12-6-4-3-5-7-12)11-16(21)20-14-10-13(19)8-9-15(14)24-2/h3-10H,11H2,1-2H3,(H,20,21)(H,22,23)/t18-/m0/s1.